The standard InChI is InChI=1S/C10H15ClN2O2/c11-5-10(15)13-4-3-8-7(6-13)1-2-9(14)12-8/h7-8H,1-6H2,(H,12,14). The lowest BCUT2D eigenvalue weighted by molar-refractivity contribution is -0.132. The number of nitrogens with zero attached hydrogens (tertiary/aromatic N) is 1. The summed E-state index contributed by atoms with van der Waals surface area (Å²) in [4.78, 5) is 24.4. The molecule has 2 atom stereocenters. The van der Waals surface area contributed by atoms with Crippen LogP contribution in [-0.2, 0) is 9.59 Å². The van der Waals surface area contributed by atoms with Crippen LogP contribution in [0, 0.1) is 5.92 Å². The molecule has 2 heterocycles. The molecule has 15 heavy (non-hydrogen) atoms. The van der Waals surface area contributed by atoms with E-state index in [0.29, 0.717) is 18.9 Å². The van der Waals surface area contributed by atoms with E-state index >= 15 is 0 Å². The fourth-order valence-corrected chi connectivity index (χ4v) is 2.59. The van der Waals surface area contributed by atoms with Crippen LogP contribution in [0.3, 0.4) is 0 Å². The van der Waals surface area contributed by atoms with Gasteiger partial charge in [-0.15, -0.1) is 11.6 Å². The molecule has 84 valence electrons. The number of fused-ring (bicyclic) bond motifs is 1. The summed E-state index contributed by atoms with van der Waals surface area (Å²) in [5, 5.41) is 2.99. The molecule has 0 aromatic carbocycles. The first-order chi connectivity index (χ1) is 7.20. The van der Waals surface area contributed by atoms with E-state index in [-0.39, 0.29) is 23.7 Å². The molecule has 2 aliphatic heterocycles. The van der Waals surface area contributed by atoms with Crippen LogP contribution in [-0.4, -0.2) is 41.7 Å². The van der Waals surface area contributed by atoms with E-state index in [1.807, 2.05) is 4.90 Å². The Labute approximate surface area is 93.9 Å². The normalized spacial score (nSPS) is 30.7. The highest BCUT2D eigenvalue weighted by molar-refractivity contribution is 6.27. The van der Waals surface area contributed by atoms with E-state index in [2.05, 4.69) is 5.32 Å². The Morgan fingerprint density at radius 1 is 1.53 bits per heavy atom. The van der Waals surface area contributed by atoms with Gasteiger partial charge in [0, 0.05) is 25.6 Å². The average molecular weight is 231 g/mol. The maximum absolute atomic E-state index is 11.4. The number of carbonyl (C=O) groups is 2. The predicted octanol–water partition coefficient (Wildman–Crippen LogP) is 0.352. The van der Waals surface area contributed by atoms with Gasteiger partial charge in [-0.1, -0.05) is 0 Å². The highest BCUT2D eigenvalue weighted by Gasteiger charge is 2.34. The Morgan fingerprint density at radius 2 is 2.33 bits per heavy atom. The first-order valence-electron chi connectivity index (χ1n) is 5.34. The zero-order chi connectivity index (χ0) is 10.8. The van der Waals surface area contributed by atoms with E-state index in [4.69, 9.17) is 11.6 Å². The number of likely N-dealkylation sites (tertiary alicyclic amines) is 1. The number of carbonyl (C=O) groups excluding carboxylic acids is 2. The van der Waals surface area contributed by atoms with Crippen LogP contribution in [0.4, 0.5) is 0 Å². The van der Waals surface area contributed by atoms with Crippen LogP contribution in [0.2, 0.25) is 0 Å². The maximum Gasteiger partial charge on any atom is 0.237 e. The molecule has 0 spiro atoms. The molecule has 5 heteroatoms. The molecule has 0 aromatic rings. The third-order valence-corrected chi connectivity index (χ3v) is 3.52. The van der Waals surface area contributed by atoms with Crippen molar-refractivity contribution in [2.45, 2.75) is 25.3 Å². The second kappa shape index (κ2) is 4.39. The van der Waals surface area contributed by atoms with Gasteiger partial charge < -0.3 is 10.2 Å². The quantitative estimate of drug-likeness (QED) is 0.661. The van der Waals surface area contributed by atoms with Gasteiger partial charge in [0.2, 0.25) is 11.8 Å². The van der Waals surface area contributed by atoms with Gasteiger partial charge in [0.25, 0.3) is 0 Å². The molecule has 4 nitrogen and oxygen atoms in total. The first kappa shape index (κ1) is 10.7. The highest BCUT2D eigenvalue weighted by Crippen LogP contribution is 2.25. The lowest BCUT2D eigenvalue weighted by Gasteiger charge is -2.41. The first-order valence-corrected chi connectivity index (χ1v) is 5.87. The molecule has 2 rings (SSSR count). The zero-order valence-corrected chi connectivity index (χ0v) is 9.29. The van der Waals surface area contributed by atoms with Crippen molar-refractivity contribution >= 4 is 23.4 Å². The fourth-order valence-electron chi connectivity index (χ4n) is 2.42. The van der Waals surface area contributed by atoms with Gasteiger partial charge in [-0.3, -0.25) is 9.59 Å². The third-order valence-electron chi connectivity index (χ3n) is 3.29. The van der Waals surface area contributed by atoms with Gasteiger partial charge in [0.1, 0.15) is 5.88 Å². The monoisotopic (exact) mass is 230 g/mol. The van der Waals surface area contributed by atoms with Crippen LogP contribution in [0.5, 0.6) is 0 Å². The second-order valence-electron chi connectivity index (χ2n) is 4.23. The molecule has 2 saturated heterocycles. The third kappa shape index (κ3) is 2.25. The number of halogens is 1. The second-order valence-corrected chi connectivity index (χ2v) is 4.50. The molecule has 0 bridgehead atoms. The summed E-state index contributed by atoms with van der Waals surface area (Å²) < 4.78 is 0. The molecule has 0 aliphatic carbocycles. The van der Waals surface area contributed by atoms with Gasteiger partial charge in [-0.05, 0) is 18.8 Å². The summed E-state index contributed by atoms with van der Waals surface area (Å²) in [6.45, 7) is 1.46. The number of hydrogen-bond acceptors (Lipinski definition) is 2. The molecule has 2 unspecified atom stereocenters. The summed E-state index contributed by atoms with van der Waals surface area (Å²) in [5.41, 5.74) is 0. The molecule has 2 aliphatic rings. The predicted molar refractivity (Wildman–Crippen MR) is 56.6 cm³/mol. The minimum atomic E-state index is 0.00650. The van der Waals surface area contributed by atoms with Crippen molar-refractivity contribution in [2.75, 3.05) is 19.0 Å². The van der Waals surface area contributed by atoms with Crippen molar-refractivity contribution in [3.8, 4) is 0 Å². The van der Waals surface area contributed by atoms with E-state index in [1.165, 1.54) is 0 Å². The summed E-state index contributed by atoms with van der Waals surface area (Å²) >= 11 is 5.52. The van der Waals surface area contributed by atoms with Crippen molar-refractivity contribution in [1.82, 2.24) is 10.2 Å². The topological polar surface area (TPSA) is 49.4 Å². The Bertz CT molecular complexity index is 283. The largest absolute Gasteiger partial charge is 0.353 e. The van der Waals surface area contributed by atoms with Crippen LogP contribution >= 0.6 is 11.6 Å². The summed E-state index contributed by atoms with van der Waals surface area (Å²) in [5.74, 6) is 0.632. The smallest absolute Gasteiger partial charge is 0.237 e. The van der Waals surface area contributed by atoms with Crippen molar-refractivity contribution in [3.05, 3.63) is 0 Å². The van der Waals surface area contributed by atoms with Gasteiger partial charge in [-0.25, -0.2) is 0 Å². The highest BCUT2D eigenvalue weighted by atomic mass is 35.5. The van der Waals surface area contributed by atoms with E-state index in [0.717, 1.165) is 19.4 Å². The number of amides is 2. The molecule has 1 N–H and O–H groups in total. The number of hydrogen-bond donors (Lipinski definition) is 1. The Balaban J connectivity index is 1.95. The van der Waals surface area contributed by atoms with Crippen molar-refractivity contribution in [3.63, 3.8) is 0 Å². The minimum absolute atomic E-state index is 0.00650. The van der Waals surface area contributed by atoms with Crippen LogP contribution < -0.4 is 5.32 Å². The van der Waals surface area contributed by atoms with Gasteiger partial charge >= 0.3 is 0 Å². The van der Waals surface area contributed by atoms with Gasteiger partial charge in [-0.2, -0.15) is 0 Å². The molecular weight excluding hydrogens is 216 g/mol. The molecule has 0 saturated carbocycles. The van der Waals surface area contributed by atoms with Gasteiger partial charge in [0.05, 0.1) is 0 Å². The van der Waals surface area contributed by atoms with Crippen LogP contribution in [0.1, 0.15) is 19.3 Å². The molecule has 0 radical (unpaired) electrons. The van der Waals surface area contributed by atoms with Gasteiger partial charge in [0.15, 0.2) is 0 Å². The lowest BCUT2D eigenvalue weighted by Crippen LogP contribution is -2.55. The zero-order valence-electron chi connectivity index (χ0n) is 8.54. The van der Waals surface area contributed by atoms with E-state index < -0.39 is 0 Å². The van der Waals surface area contributed by atoms with E-state index in [9.17, 15) is 9.59 Å². The number of piperidine rings is 2. The Hall–Kier alpha value is -0.770. The fraction of sp³-hybridized carbons (Fsp3) is 0.800. The van der Waals surface area contributed by atoms with Crippen molar-refractivity contribution < 1.29 is 9.59 Å². The number of nitrogens with one attached hydrogen (secondary N) is 1. The van der Waals surface area contributed by atoms with Crippen LogP contribution in [0.15, 0.2) is 0 Å². The van der Waals surface area contributed by atoms with Crippen LogP contribution in [0.25, 0.3) is 0 Å². The summed E-state index contributed by atoms with van der Waals surface area (Å²) in [7, 11) is 0. The van der Waals surface area contributed by atoms with Crippen molar-refractivity contribution in [2.24, 2.45) is 5.92 Å². The SMILES string of the molecule is O=C1CCC2CN(C(=O)CCl)CCC2N1. The molecule has 2 fully saturated rings. The average Bonchev–Trinajstić information content (AvgIpc) is 2.27. The summed E-state index contributed by atoms with van der Waals surface area (Å²) in [6, 6.07) is 0.269. The molecule has 0 aromatic heterocycles. The lowest BCUT2D eigenvalue weighted by atomic mass is 9.85. The molecular formula is C10H15ClN2O2. The number of alkyl halides is 1. The number of rotatable bonds is 1. The minimum Gasteiger partial charge on any atom is -0.353 e. The van der Waals surface area contributed by atoms with Crippen molar-refractivity contribution in [1.29, 1.82) is 0 Å². The Morgan fingerprint density at radius 3 is 3.07 bits per heavy atom. The summed E-state index contributed by atoms with van der Waals surface area (Å²) in [6.07, 6.45) is 2.34. The maximum atomic E-state index is 11.4. The Kier molecular flexibility index (Phi) is 3.14. The molecule has 2 amide bonds. The van der Waals surface area contributed by atoms with E-state index in [1.54, 1.807) is 0 Å².